The van der Waals surface area contributed by atoms with E-state index in [2.05, 4.69) is 60.7 Å². The average Bonchev–Trinajstić information content (AvgIpc) is 3.09. The predicted octanol–water partition coefficient (Wildman–Crippen LogP) is 3.96. The molecule has 1 N–H and O–H groups in total. The Hall–Kier alpha value is -1.89. The zero-order valence-electron chi connectivity index (χ0n) is 16.1. The number of tetrazole rings is 1. The van der Waals surface area contributed by atoms with Gasteiger partial charge in [-0.15, -0.1) is 5.10 Å². The number of unbranched alkanes of at least 4 members (excludes halogenated alkanes) is 2. The van der Waals surface area contributed by atoms with Gasteiger partial charge in [-0.3, -0.25) is 4.79 Å². The zero-order valence-corrected chi connectivity index (χ0v) is 16.9. The van der Waals surface area contributed by atoms with E-state index in [1.807, 2.05) is 12.1 Å². The lowest BCUT2D eigenvalue weighted by molar-refractivity contribution is -0.119. The second kappa shape index (κ2) is 10.3. The third-order valence-corrected chi connectivity index (χ3v) is 5.14. The molecule has 0 spiro atoms. The van der Waals surface area contributed by atoms with Gasteiger partial charge in [0.05, 0.1) is 11.4 Å². The smallest absolute Gasteiger partial charge is 0.230 e. The van der Waals surface area contributed by atoms with Crippen LogP contribution in [-0.4, -0.2) is 37.9 Å². The van der Waals surface area contributed by atoms with Crippen LogP contribution in [0.3, 0.4) is 0 Å². The van der Waals surface area contributed by atoms with E-state index in [1.54, 1.807) is 4.68 Å². The molecule has 0 bridgehead atoms. The summed E-state index contributed by atoms with van der Waals surface area (Å²) in [5.41, 5.74) is 2.17. The molecule has 26 heavy (non-hydrogen) atoms. The molecule has 7 heteroatoms. The van der Waals surface area contributed by atoms with Gasteiger partial charge in [-0.05, 0) is 47.4 Å². The molecule has 1 atom stereocenters. The molecule has 0 fully saturated rings. The van der Waals surface area contributed by atoms with E-state index < -0.39 is 0 Å². The van der Waals surface area contributed by atoms with Gasteiger partial charge in [0, 0.05) is 6.04 Å². The molecule has 0 saturated heterocycles. The Labute approximate surface area is 160 Å². The van der Waals surface area contributed by atoms with Crippen LogP contribution in [0.15, 0.2) is 29.4 Å². The molecule has 142 valence electrons. The molecule has 1 heterocycles. The highest BCUT2D eigenvalue weighted by atomic mass is 32.2. The first kappa shape index (κ1) is 20.4. The maximum atomic E-state index is 12.1. The first-order valence-corrected chi connectivity index (χ1v) is 10.3. The second-order valence-corrected chi connectivity index (χ2v) is 7.82. The second-order valence-electron chi connectivity index (χ2n) is 6.87. The molecule has 2 rings (SSSR count). The SMILES string of the molecule is CCCCCC(C)NC(=O)CSc1nnnn1-c1ccc(C(C)C)cc1. The van der Waals surface area contributed by atoms with Gasteiger partial charge in [-0.1, -0.05) is 63.9 Å². The predicted molar refractivity (Wildman–Crippen MR) is 106 cm³/mol. The van der Waals surface area contributed by atoms with E-state index in [9.17, 15) is 4.79 Å². The lowest BCUT2D eigenvalue weighted by Gasteiger charge is -2.13. The van der Waals surface area contributed by atoms with Crippen molar-refractivity contribution < 1.29 is 4.79 Å². The van der Waals surface area contributed by atoms with Gasteiger partial charge in [-0.2, -0.15) is 4.68 Å². The summed E-state index contributed by atoms with van der Waals surface area (Å²) in [6.07, 6.45) is 4.57. The van der Waals surface area contributed by atoms with Crippen molar-refractivity contribution in [3.8, 4) is 5.69 Å². The van der Waals surface area contributed by atoms with Gasteiger partial charge in [0.25, 0.3) is 0 Å². The van der Waals surface area contributed by atoms with Crippen molar-refractivity contribution in [2.75, 3.05) is 5.75 Å². The summed E-state index contributed by atoms with van der Waals surface area (Å²) < 4.78 is 1.67. The van der Waals surface area contributed by atoms with Crippen molar-refractivity contribution in [2.45, 2.75) is 70.5 Å². The highest BCUT2D eigenvalue weighted by molar-refractivity contribution is 7.99. The highest BCUT2D eigenvalue weighted by Crippen LogP contribution is 2.20. The lowest BCUT2D eigenvalue weighted by Crippen LogP contribution is -2.33. The molecule has 0 aliphatic carbocycles. The van der Waals surface area contributed by atoms with Crippen molar-refractivity contribution in [1.82, 2.24) is 25.5 Å². The first-order chi connectivity index (χ1) is 12.5. The van der Waals surface area contributed by atoms with Crippen molar-refractivity contribution in [3.05, 3.63) is 29.8 Å². The molecule has 1 aromatic carbocycles. The summed E-state index contributed by atoms with van der Waals surface area (Å²) in [6.45, 7) is 8.56. The van der Waals surface area contributed by atoms with Gasteiger partial charge in [0.1, 0.15) is 0 Å². The third-order valence-electron chi connectivity index (χ3n) is 4.23. The molecule has 1 amide bonds. The average molecular weight is 376 g/mol. The van der Waals surface area contributed by atoms with E-state index >= 15 is 0 Å². The van der Waals surface area contributed by atoms with E-state index in [4.69, 9.17) is 0 Å². The summed E-state index contributed by atoms with van der Waals surface area (Å²) in [6, 6.07) is 8.38. The van der Waals surface area contributed by atoms with Crippen LogP contribution in [0, 0.1) is 0 Å². The van der Waals surface area contributed by atoms with Crippen LogP contribution in [-0.2, 0) is 4.79 Å². The normalized spacial score (nSPS) is 12.3. The van der Waals surface area contributed by atoms with Crippen molar-refractivity contribution in [2.24, 2.45) is 0 Å². The molecule has 1 unspecified atom stereocenters. The first-order valence-electron chi connectivity index (χ1n) is 9.32. The fraction of sp³-hybridized carbons (Fsp3) is 0.579. The number of hydrogen-bond acceptors (Lipinski definition) is 5. The van der Waals surface area contributed by atoms with Crippen LogP contribution < -0.4 is 5.32 Å². The van der Waals surface area contributed by atoms with Crippen LogP contribution in [0.25, 0.3) is 5.69 Å². The zero-order chi connectivity index (χ0) is 18.9. The van der Waals surface area contributed by atoms with E-state index in [0.717, 1.165) is 18.5 Å². The molecule has 0 aliphatic rings. The number of carbonyl (C=O) groups is 1. The number of benzene rings is 1. The van der Waals surface area contributed by atoms with Crippen molar-refractivity contribution in [3.63, 3.8) is 0 Å². The number of hydrogen-bond donors (Lipinski definition) is 1. The van der Waals surface area contributed by atoms with Gasteiger partial charge in [0.2, 0.25) is 11.1 Å². The van der Waals surface area contributed by atoms with Gasteiger partial charge in [-0.25, -0.2) is 0 Å². The van der Waals surface area contributed by atoms with E-state index in [0.29, 0.717) is 16.8 Å². The minimum absolute atomic E-state index is 0.0173. The third kappa shape index (κ3) is 6.12. The minimum atomic E-state index is 0.0173. The Morgan fingerprint density at radius 1 is 1.19 bits per heavy atom. The molecular formula is C19H29N5OS. The minimum Gasteiger partial charge on any atom is -0.353 e. The largest absolute Gasteiger partial charge is 0.353 e. The van der Waals surface area contributed by atoms with Crippen LogP contribution in [0.2, 0.25) is 0 Å². The lowest BCUT2D eigenvalue weighted by atomic mass is 10.0. The molecule has 0 aliphatic heterocycles. The van der Waals surface area contributed by atoms with Crippen LogP contribution in [0.5, 0.6) is 0 Å². The van der Waals surface area contributed by atoms with Crippen LogP contribution in [0.1, 0.15) is 64.9 Å². The van der Waals surface area contributed by atoms with Crippen molar-refractivity contribution in [1.29, 1.82) is 0 Å². The van der Waals surface area contributed by atoms with Gasteiger partial charge < -0.3 is 5.32 Å². The standard InChI is InChI=1S/C19H29N5OS/c1-5-6-7-8-15(4)20-18(25)13-26-19-21-22-23-24(19)17-11-9-16(10-12-17)14(2)3/h9-12,14-15H,5-8,13H2,1-4H3,(H,20,25). The van der Waals surface area contributed by atoms with E-state index in [-0.39, 0.29) is 11.9 Å². The summed E-state index contributed by atoms with van der Waals surface area (Å²) >= 11 is 1.35. The Bertz CT molecular complexity index is 683. The molecule has 6 nitrogen and oxygen atoms in total. The molecule has 0 radical (unpaired) electrons. The highest BCUT2D eigenvalue weighted by Gasteiger charge is 2.13. The Kier molecular flexibility index (Phi) is 8.09. The number of rotatable bonds is 10. The number of carbonyl (C=O) groups excluding carboxylic acids is 1. The quantitative estimate of drug-likeness (QED) is 0.502. The number of aromatic nitrogens is 4. The summed E-state index contributed by atoms with van der Waals surface area (Å²) in [5.74, 6) is 0.807. The Morgan fingerprint density at radius 3 is 2.58 bits per heavy atom. The summed E-state index contributed by atoms with van der Waals surface area (Å²) in [5, 5.41) is 15.5. The molecule has 0 saturated carbocycles. The maximum absolute atomic E-state index is 12.1. The monoisotopic (exact) mass is 375 g/mol. The topological polar surface area (TPSA) is 72.7 Å². The maximum Gasteiger partial charge on any atom is 0.230 e. The number of thioether (sulfide) groups is 1. The fourth-order valence-corrected chi connectivity index (χ4v) is 3.35. The molecule has 1 aromatic heterocycles. The van der Waals surface area contributed by atoms with Gasteiger partial charge in [0.15, 0.2) is 0 Å². The van der Waals surface area contributed by atoms with E-state index in [1.165, 1.54) is 30.2 Å². The molecule has 2 aromatic rings. The Morgan fingerprint density at radius 2 is 1.92 bits per heavy atom. The molecular weight excluding hydrogens is 346 g/mol. The number of amides is 1. The number of nitrogens with zero attached hydrogens (tertiary/aromatic N) is 4. The number of nitrogens with one attached hydrogen (secondary N) is 1. The summed E-state index contributed by atoms with van der Waals surface area (Å²) in [7, 11) is 0. The fourth-order valence-electron chi connectivity index (χ4n) is 2.65. The Balaban J connectivity index is 1.89. The van der Waals surface area contributed by atoms with Crippen LogP contribution >= 0.6 is 11.8 Å². The van der Waals surface area contributed by atoms with Crippen LogP contribution in [0.4, 0.5) is 0 Å². The van der Waals surface area contributed by atoms with Gasteiger partial charge >= 0.3 is 0 Å². The summed E-state index contributed by atoms with van der Waals surface area (Å²) in [4.78, 5) is 12.1. The van der Waals surface area contributed by atoms with Crippen molar-refractivity contribution >= 4 is 17.7 Å².